The van der Waals surface area contributed by atoms with Crippen LogP contribution in [0.25, 0.3) is 10.9 Å². The first kappa shape index (κ1) is 19.9. The van der Waals surface area contributed by atoms with Crippen LogP contribution >= 0.6 is 11.8 Å². The van der Waals surface area contributed by atoms with Crippen molar-refractivity contribution < 1.29 is 9.53 Å². The molecule has 152 valence electrons. The molecule has 1 aromatic heterocycles. The number of aromatic nitrogens is 1. The number of benzene rings is 2. The molecule has 29 heavy (non-hydrogen) atoms. The maximum Gasteiger partial charge on any atom is 0.269 e. The molecule has 0 unspecified atom stereocenters. The summed E-state index contributed by atoms with van der Waals surface area (Å²) in [5, 5.41) is 4.35. The van der Waals surface area contributed by atoms with Crippen molar-refractivity contribution in [1.82, 2.24) is 10.3 Å². The van der Waals surface area contributed by atoms with Crippen LogP contribution < -0.4 is 10.1 Å². The summed E-state index contributed by atoms with van der Waals surface area (Å²) in [5.41, 5.74) is 1.55. The Morgan fingerprint density at radius 2 is 1.93 bits per heavy atom. The average Bonchev–Trinajstić information content (AvgIpc) is 3.09. The third-order valence-electron chi connectivity index (χ3n) is 6.17. The van der Waals surface area contributed by atoms with Crippen molar-refractivity contribution >= 4 is 28.6 Å². The van der Waals surface area contributed by atoms with Crippen molar-refractivity contribution in [2.45, 2.75) is 48.9 Å². The number of methoxy groups -OCH3 is 1. The number of amides is 1. The van der Waals surface area contributed by atoms with Gasteiger partial charge in [-0.2, -0.15) is 0 Å². The number of aromatic amines is 1. The number of hydrogen-bond acceptors (Lipinski definition) is 3. The van der Waals surface area contributed by atoms with Gasteiger partial charge >= 0.3 is 0 Å². The molecule has 0 aliphatic heterocycles. The fraction of sp³-hybridized carbons (Fsp3) is 0.375. The molecule has 0 spiro atoms. The van der Waals surface area contributed by atoms with Crippen LogP contribution in [-0.4, -0.2) is 24.0 Å². The molecule has 1 aliphatic carbocycles. The zero-order chi connectivity index (χ0) is 20.4. The van der Waals surface area contributed by atoms with E-state index in [1.807, 2.05) is 36.4 Å². The molecule has 1 saturated carbocycles. The molecule has 0 radical (unpaired) electrons. The van der Waals surface area contributed by atoms with Gasteiger partial charge in [-0.25, -0.2) is 0 Å². The van der Waals surface area contributed by atoms with Crippen LogP contribution in [0.3, 0.4) is 0 Å². The molecule has 0 bridgehead atoms. The van der Waals surface area contributed by atoms with Crippen LogP contribution in [0.2, 0.25) is 0 Å². The van der Waals surface area contributed by atoms with Gasteiger partial charge in [-0.15, -0.1) is 0 Å². The van der Waals surface area contributed by atoms with Crippen molar-refractivity contribution in [3.8, 4) is 5.75 Å². The molecule has 0 saturated heterocycles. The lowest BCUT2D eigenvalue weighted by atomic mass is 9.78. The van der Waals surface area contributed by atoms with Gasteiger partial charge in [0.05, 0.1) is 17.5 Å². The summed E-state index contributed by atoms with van der Waals surface area (Å²) in [6.07, 6.45) is 3.47. The molecule has 4 nitrogen and oxygen atoms in total. The van der Waals surface area contributed by atoms with E-state index in [2.05, 4.69) is 36.3 Å². The molecule has 3 atom stereocenters. The zero-order valence-corrected chi connectivity index (χ0v) is 18.0. The van der Waals surface area contributed by atoms with Gasteiger partial charge in [-0.05, 0) is 42.5 Å². The largest absolute Gasteiger partial charge is 0.497 e. The Kier molecular flexibility index (Phi) is 5.86. The molecule has 3 aromatic rings. The van der Waals surface area contributed by atoms with E-state index in [0.29, 0.717) is 17.5 Å². The van der Waals surface area contributed by atoms with Gasteiger partial charge in [-0.3, -0.25) is 4.79 Å². The molecule has 1 aliphatic rings. The molecular weight excluding hydrogens is 380 g/mol. The number of carbonyl (C=O) groups is 1. The van der Waals surface area contributed by atoms with E-state index in [1.165, 1.54) is 12.8 Å². The SMILES string of the molecule is COc1ccc2c(Sc3ccccc3)c(C(=O)N[C@@H]3CCC[C@@H](C)[C@H]3C)[nH]c2c1. The molecule has 1 fully saturated rings. The van der Waals surface area contributed by atoms with Gasteiger partial charge in [0.25, 0.3) is 5.91 Å². The quantitative estimate of drug-likeness (QED) is 0.554. The molecule has 1 amide bonds. The third-order valence-corrected chi connectivity index (χ3v) is 7.31. The molecular formula is C24H28N2O2S. The monoisotopic (exact) mass is 408 g/mol. The van der Waals surface area contributed by atoms with Crippen molar-refractivity contribution in [2.75, 3.05) is 7.11 Å². The highest BCUT2D eigenvalue weighted by Gasteiger charge is 2.29. The Hall–Kier alpha value is -2.40. The molecule has 2 N–H and O–H groups in total. The number of hydrogen-bond donors (Lipinski definition) is 2. The van der Waals surface area contributed by atoms with Crippen LogP contribution in [0, 0.1) is 11.8 Å². The lowest BCUT2D eigenvalue weighted by molar-refractivity contribution is 0.0884. The fourth-order valence-corrected chi connectivity index (χ4v) is 5.24. The summed E-state index contributed by atoms with van der Waals surface area (Å²) in [6.45, 7) is 4.54. The number of fused-ring (bicyclic) bond motifs is 1. The third kappa shape index (κ3) is 4.15. The van der Waals surface area contributed by atoms with E-state index < -0.39 is 0 Å². The first-order valence-corrected chi connectivity index (χ1v) is 11.1. The molecule has 1 heterocycles. The fourth-order valence-electron chi connectivity index (χ4n) is 4.18. The number of ether oxygens (including phenoxy) is 1. The average molecular weight is 409 g/mol. The van der Waals surface area contributed by atoms with E-state index in [0.717, 1.165) is 32.9 Å². The summed E-state index contributed by atoms with van der Waals surface area (Å²) in [7, 11) is 1.66. The smallest absolute Gasteiger partial charge is 0.269 e. The Morgan fingerprint density at radius 3 is 2.69 bits per heavy atom. The predicted octanol–water partition coefficient (Wildman–Crippen LogP) is 5.88. The zero-order valence-electron chi connectivity index (χ0n) is 17.2. The Bertz CT molecular complexity index is 999. The lowest BCUT2D eigenvalue weighted by Crippen LogP contribution is -2.43. The number of H-pyrrole nitrogens is 1. The molecule has 4 rings (SSSR count). The Labute approximate surface area is 176 Å². The topological polar surface area (TPSA) is 54.1 Å². The minimum Gasteiger partial charge on any atom is -0.497 e. The van der Waals surface area contributed by atoms with Gasteiger partial charge in [0.2, 0.25) is 0 Å². The summed E-state index contributed by atoms with van der Waals surface area (Å²) in [6, 6.07) is 16.3. The van der Waals surface area contributed by atoms with Crippen molar-refractivity contribution in [1.29, 1.82) is 0 Å². The summed E-state index contributed by atoms with van der Waals surface area (Å²) in [5.74, 6) is 1.88. The molecule has 2 aromatic carbocycles. The maximum atomic E-state index is 13.3. The normalized spacial score (nSPS) is 21.8. The number of carbonyl (C=O) groups excluding carboxylic acids is 1. The lowest BCUT2D eigenvalue weighted by Gasteiger charge is -2.34. The van der Waals surface area contributed by atoms with Crippen LogP contribution in [0.5, 0.6) is 5.75 Å². The van der Waals surface area contributed by atoms with Gasteiger partial charge in [0.15, 0.2) is 0 Å². The van der Waals surface area contributed by atoms with Gasteiger partial charge in [0.1, 0.15) is 11.4 Å². The highest BCUT2D eigenvalue weighted by molar-refractivity contribution is 7.99. The highest BCUT2D eigenvalue weighted by atomic mass is 32.2. The van der Waals surface area contributed by atoms with Gasteiger partial charge < -0.3 is 15.0 Å². The van der Waals surface area contributed by atoms with Crippen molar-refractivity contribution in [3.05, 3.63) is 54.2 Å². The van der Waals surface area contributed by atoms with Gasteiger partial charge in [-0.1, -0.05) is 56.7 Å². The van der Waals surface area contributed by atoms with Gasteiger partial charge in [0, 0.05) is 22.4 Å². The highest BCUT2D eigenvalue weighted by Crippen LogP contribution is 2.38. The minimum atomic E-state index is -0.0236. The summed E-state index contributed by atoms with van der Waals surface area (Å²) in [4.78, 5) is 18.7. The first-order chi connectivity index (χ1) is 14.1. The summed E-state index contributed by atoms with van der Waals surface area (Å²) < 4.78 is 5.37. The number of nitrogens with one attached hydrogen (secondary N) is 2. The van der Waals surface area contributed by atoms with E-state index >= 15 is 0 Å². The second-order valence-electron chi connectivity index (χ2n) is 8.00. The Balaban J connectivity index is 1.69. The van der Waals surface area contributed by atoms with Crippen molar-refractivity contribution in [2.24, 2.45) is 11.8 Å². The van der Waals surface area contributed by atoms with E-state index in [9.17, 15) is 4.79 Å². The standard InChI is InChI=1S/C24H28N2O2S/c1-15-8-7-11-20(16(15)2)26-24(27)22-23(29-18-9-5-4-6-10-18)19-13-12-17(28-3)14-21(19)25-22/h4-6,9-10,12-16,20,25H,7-8,11H2,1-3H3,(H,26,27)/t15-,16-,20-/m1/s1. The summed E-state index contributed by atoms with van der Waals surface area (Å²) >= 11 is 1.62. The number of rotatable bonds is 5. The van der Waals surface area contributed by atoms with Crippen LogP contribution in [0.4, 0.5) is 0 Å². The van der Waals surface area contributed by atoms with E-state index in [-0.39, 0.29) is 11.9 Å². The minimum absolute atomic E-state index is 0.0236. The second-order valence-corrected chi connectivity index (χ2v) is 9.09. The van der Waals surface area contributed by atoms with Crippen LogP contribution in [0.1, 0.15) is 43.6 Å². The van der Waals surface area contributed by atoms with Crippen LogP contribution in [0.15, 0.2) is 58.3 Å². The van der Waals surface area contributed by atoms with E-state index in [4.69, 9.17) is 4.74 Å². The van der Waals surface area contributed by atoms with E-state index in [1.54, 1.807) is 18.9 Å². The van der Waals surface area contributed by atoms with Crippen LogP contribution in [-0.2, 0) is 0 Å². The second kappa shape index (κ2) is 8.54. The first-order valence-electron chi connectivity index (χ1n) is 10.3. The van der Waals surface area contributed by atoms with Crippen molar-refractivity contribution in [3.63, 3.8) is 0 Å². The Morgan fingerprint density at radius 1 is 1.14 bits per heavy atom. The molecule has 5 heteroatoms. The maximum absolute atomic E-state index is 13.3. The predicted molar refractivity (Wildman–Crippen MR) is 119 cm³/mol.